The molecule has 0 aliphatic carbocycles. The molecule has 4 heterocycles. The number of carbonyl (C=O) groups is 2. The van der Waals surface area contributed by atoms with E-state index in [1.807, 2.05) is 7.05 Å². The number of fused-ring (bicyclic) bond motifs is 1. The highest BCUT2D eigenvalue weighted by molar-refractivity contribution is 7.91. The lowest BCUT2D eigenvalue weighted by atomic mass is 9.88. The topological polar surface area (TPSA) is 138 Å². The molecule has 49 heavy (non-hydrogen) atoms. The summed E-state index contributed by atoms with van der Waals surface area (Å²) < 4.78 is 102. The quantitative estimate of drug-likeness (QED) is 0.250. The number of hydrogen-bond acceptors (Lipinski definition) is 8. The van der Waals surface area contributed by atoms with E-state index in [-0.39, 0.29) is 60.1 Å². The minimum Gasteiger partial charge on any atom is -0.381 e. The normalized spacial score (nSPS) is 16.9. The summed E-state index contributed by atoms with van der Waals surface area (Å²) in [5.41, 5.74) is 0.160. The second-order valence-electron chi connectivity index (χ2n) is 12.0. The number of amides is 2. The maximum absolute atomic E-state index is 14.4. The average molecular weight is 707 g/mol. The molecule has 260 valence electrons. The van der Waals surface area contributed by atoms with E-state index in [2.05, 4.69) is 25.4 Å². The van der Waals surface area contributed by atoms with Gasteiger partial charge in [-0.3, -0.25) is 14.7 Å². The Balaban J connectivity index is 1.40. The standard InChI is InChI=1S/C32H31F5N6O5S/c1-42-12-8-18(9-13-42)19-2-4-22(25(16-19)43(31(45)32(35,36)37)21-10-14-48-15-11-21)30(44)39-29-28-24(40-41-29)6-7-27(38-28)49(46,47)26-17-20(33)3-5-23(26)34/h2-7,16-18,21H,8-15H2,1H3,(H2,39,40,41,44). The second kappa shape index (κ2) is 13.4. The number of sulfone groups is 1. The minimum atomic E-state index is -5.25. The van der Waals surface area contributed by atoms with Crippen LogP contribution in [0.2, 0.25) is 0 Å². The number of aromatic amines is 1. The van der Waals surface area contributed by atoms with Gasteiger partial charge in [0.15, 0.2) is 10.8 Å². The van der Waals surface area contributed by atoms with Gasteiger partial charge in [-0.2, -0.15) is 18.3 Å². The zero-order valence-corrected chi connectivity index (χ0v) is 26.9. The number of aromatic nitrogens is 3. The number of ether oxygens (including phenoxy) is 1. The van der Waals surface area contributed by atoms with Crippen molar-refractivity contribution in [3.63, 3.8) is 0 Å². The summed E-state index contributed by atoms with van der Waals surface area (Å²) in [5, 5.41) is 8.38. The summed E-state index contributed by atoms with van der Waals surface area (Å²) in [5.74, 6) is -5.58. The number of hydrogen-bond donors (Lipinski definition) is 2. The van der Waals surface area contributed by atoms with Crippen molar-refractivity contribution in [2.45, 2.75) is 53.7 Å². The number of alkyl halides is 3. The molecule has 0 spiro atoms. The molecule has 6 rings (SSSR count). The fraction of sp³-hybridized carbons (Fsp3) is 0.375. The highest BCUT2D eigenvalue weighted by Crippen LogP contribution is 2.37. The van der Waals surface area contributed by atoms with Crippen molar-refractivity contribution < 1.29 is 44.7 Å². The van der Waals surface area contributed by atoms with E-state index < -0.39 is 55.4 Å². The molecule has 2 aliphatic rings. The van der Waals surface area contributed by atoms with Crippen LogP contribution >= 0.6 is 0 Å². The molecule has 0 radical (unpaired) electrons. The number of rotatable bonds is 7. The van der Waals surface area contributed by atoms with Gasteiger partial charge in [0.1, 0.15) is 22.0 Å². The summed E-state index contributed by atoms with van der Waals surface area (Å²) in [6.45, 7) is 1.77. The maximum Gasteiger partial charge on any atom is 0.471 e. The lowest BCUT2D eigenvalue weighted by Crippen LogP contribution is -2.50. The molecular formula is C32H31F5N6O5S. The van der Waals surface area contributed by atoms with Gasteiger partial charge in [0.2, 0.25) is 9.84 Å². The first-order valence-electron chi connectivity index (χ1n) is 15.4. The Morgan fingerprint density at radius 3 is 2.41 bits per heavy atom. The molecule has 2 amide bonds. The summed E-state index contributed by atoms with van der Waals surface area (Å²) in [7, 11) is -2.71. The molecule has 0 unspecified atom stereocenters. The molecule has 0 atom stereocenters. The maximum atomic E-state index is 14.4. The van der Waals surface area contributed by atoms with E-state index in [4.69, 9.17) is 4.74 Å². The van der Waals surface area contributed by atoms with Gasteiger partial charge in [-0.05, 0) is 99.8 Å². The average Bonchev–Trinajstić information content (AvgIpc) is 3.48. The molecular weight excluding hydrogens is 675 g/mol. The molecule has 4 aromatic rings. The molecule has 0 bridgehead atoms. The van der Waals surface area contributed by atoms with Gasteiger partial charge >= 0.3 is 12.1 Å². The van der Waals surface area contributed by atoms with Crippen LogP contribution in [-0.4, -0.2) is 85.9 Å². The van der Waals surface area contributed by atoms with Crippen LogP contribution in [0.5, 0.6) is 0 Å². The third-order valence-corrected chi connectivity index (χ3v) is 10.5. The Hall–Kier alpha value is -4.48. The molecule has 2 fully saturated rings. The van der Waals surface area contributed by atoms with Crippen LogP contribution in [0.3, 0.4) is 0 Å². The summed E-state index contributed by atoms with van der Waals surface area (Å²) >= 11 is 0. The molecule has 11 nitrogen and oxygen atoms in total. The fourth-order valence-electron chi connectivity index (χ4n) is 6.18. The number of pyridine rings is 1. The van der Waals surface area contributed by atoms with Crippen molar-refractivity contribution in [3.8, 4) is 0 Å². The number of halogens is 5. The largest absolute Gasteiger partial charge is 0.471 e. The zero-order chi connectivity index (χ0) is 35.1. The van der Waals surface area contributed by atoms with E-state index in [0.717, 1.165) is 38.1 Å². The first kappa shape index (κ1) is 34.4. The smallest absolute Gasteiger partial charge is 0.381 e. The monoisotopic (exact) mass is 706 g/mol. The number of piperidine rings is 1. The predicted molar refractivity (Wildman–Crippen MR) is 167 cm³/mol. The van der Waals surface area contributed by atoms with Crippen LogP contribution in [0.25, 0.3) is 11.0 Å². The van der Waals surface area contributed by atoms with E-state index in [0.29, 0.717) is 22.6 Å². The highest BCUT2D eigenvalue weighted by Gasteiger charge is 2.46. The molecule has 0 saturated carbocycles. The van der Waals surface area contributed by atoms with Crippen molar-refractivity contribution in [3.05, 3.63) is 71.3 Å². The van der Waals surface area contributed by atoms with Gasteiger partial charge in [0.25, 0.3) is 5.91 Å². The summed E-state index contributed by atoms with van der Waals surface area (Å²) in [6.07, 6.45) is -3.58. The van der Waals surface area contributed by atoms with Gasteiger partial charge in [-0.15, -0.1) is 0 Å². The third-order valence-electron chi connectivity index (χ3n) is 8.81. The molecule has 2 saturated heterocycles. The van der Waals surface area contributed by atoms with Gasteiger partial charge in [0, 0.05) is 19.3 Å². The second-order valence-corrected chi connectivity index (χ2v) is 13.9. The van der Waals surface area contributed by atoms with Crippen molar-refractivity contribution >= 4 is 44.2 Å². The van der Waals surface area contributed by atoms with Gasteiger partial charge in [0.05, 0.1) is 16.8 Å². The number of anilines is 2. The number of nitrogens with one attached hydrogen (secondary N) is 2. The molecule has 2 N–H and O–H groups in total. The van der Waals surface area contributed by atoms with Crippen LogP contribution in [0.4, 0.5) is 33.5 Å². The van der Waals surface area contributed by atoms with Crippen LogP contribution in [0.1, 0.15) is 47.5 Å². The van der Waals surface area contributed by atoms with Crippen molar-refractivity contribution in [2.75, 3.05) is 43.6 Å². The number of H-pyrrole nitrogens is 1. The molecule has 17 heteroatoms. The van der Waals surface area contributed by atoms with Gasteiger partial charge in [-0.1, -0.05) is 6.07 Å². The first-order valence-corrected chi connectivity index (χ1v) is 16.9. The van der Waals surface area contributed by atoms with E-state index in [1.54, 1.807) is 6.07 Å². The third kappa shape index (κ3) is 7.00. The number of benzene rings is 2. The molecule has 2 aromatic carbocycles. The Labute approximate surface area is 277 Å². The Kier molecular flexibility index (Phi) is 9.43. The lowest BCUT2D eigenvalue weighted by molar-refractivity contribution is -0.171. The lowest BCUT2D eigenvalue weighted by Gasteiger charge is -2.36. The molecule has 2 aromatic heterocycles. The van der Waals surface area contributed by atoms with Crippen LogP contribution in [0.15, 0.2) is 58.5 Å². The zero-order valence-electron chi connectivity index (χ0n) is 26.1. The molecule has 2 aliphatic heterocycles. The van der Waals surface area contributed by atoms with E-state index in [1.165, 1.54) is 18.2 Å². The first-order chi connectivity index (χ1) is 23.2. The van der Waals surface area contributed by atoms with Crippen LogP contribution in [-0.2, 0) is 19.4 Å². The van der Waals surface area contributed by atoms with Gasteiger partial charge in [-0.25, -0.2) is 22.2 Å². The SMILES string of the molecule is CN1CCC(c2ccc(C(=O)Nc3n[nH]c4ccc(S(=O)(=O)c5cc(F)ccc5F)nc34)c(N(C(=O)C(F)(F)F)C3CCOCC3)c2)CC1. The predicted octanol–water partition coefficient (Wildman–Crippen LogP) is 5.20. The number of carbonyl (C=O) groups excluding carboxylic acids is 2. The van der Waals surface area contributed by atoms with Crippen molar-refractivity contribution in [1.29, 1.82) is 0 Å². The highest BCUT2D eigenvalue weighted by atomic mass is 32.2. The fourth-order valence-corrected chi connectivity index (χ4v) is 7.45. The Morgan fingerprint density at radius 2 is 1.71 bits per heavy atom. The van der Waals surface area contributed by atoms with Crippen molar-refractivity contribution in [2.24, 2.45) is 0 Å². The van der Waals surface area contributed by atoms with Crippen LogP contribution in [0, 0.1) is 11.6 Å². The van der Waals surface area contributed by atoms with Crippen LogP contribution < -0.4 is 10.2 Å². The minimum absolute atomic E-state index is 0.0210. The number of likely N-dealkylation sites (tertiary alicyclic amines) is 1. The van der Waals surface area contributed by atoms with E-state index >= 15 is 0 Å². The van der Waals surface area contributed by atoms with E-state index in [9.17, 15) is 40.0 Å². The summed E-state index contributed by atoms with van der Waals surface area (Å²) in [6, 6.07) is 7.78. The van der Waals surface area contributed by atoms with Gasteiger partial charge < -0.3 is 19.9 Å². The van der Waals surface area contributed by atoms with Crippen molar-refractivity contribution in [1.82, 2.24) is 20.1 Å². The Bertz CT molecular complexity index is 2010. The summed E-state index contributed by atoms with van der Waals surface area (Å²) in [4.78, 5) is 32.8. The Morgan fingerprint density at radius 1 is 1.00 bits per heavy atom. The number of nitrogens with zero attached hydrogens (tertiary/aromatic N) is 4.